The van der Waals surface area contributed by atoms with Crippen LogP contribution in [0, 0.1) is 5.41 Å². The molecule has 120 valence electrons. The molecule has 20 heavy (non-hydrogen) atoms. The van der Waals surface area contributed by atoms with Crippen LogP contribution in [-0.2, 0) is 9.47 Å². The monoisotopic (exact) mass is 287 g/mol. The lowest BCUT2D eigenvalue weighted by molar-refractivity contribution is -0.1000. The first-order valence-corrected chi connectivity index (χ1v) is 8.20. The molecule has 1 aliphatic rings. The number of nitrogens with one attached hydrogen (secondary N) is 1. The minimum Gasteiger partial charge on any atom is -0.389 e. The van der Waals surface area contributed by atoms with E-state index in [1.54, 1.807) is 0 Å². The minimum atomic E-state index is -0.403. The molecule has 0 aromatic heterocycles. The fourth-order valence-electron chi connectivity index (χ4n) is 2.36. The van der Waals surface area contributed by atoms with Crippen LogP contribution in [0.1, 0.15) is 52.4 Å². The van der Waals surface area contributed by atoms with Gasteiger partial charge in [-0.2, -0.15) is 0 Å². The van der Waals surface area contributed by atoms with Crippen LogP contribution in [0.2, 0.25) is 0 Å². The Morgan fingerprint density at radius 3 is 2.55 bits per heavy atom. The average Bonchev–Trinajstić information content (AvgIpc) is 2.40. The quantitative estimate of drug-likeness (QED) is 0.511. The van der Waals surface area contributed by atoms with Crippen molar-refractivity contribution < 1.29 is 14.6 Å². The van der Waals surface area contributed by atoms with Gasteiger partial charge in [0.25, 0.3) is 0 Å². The summed E-state index contributed by atoms with van der Waals surface area (Å²) in [6.07, 6.45) is 7.23. The van der Waals surface area contributed by atoms with Crippen LogP contribution in [-0.4, -0.2) is 50.7 Å². The van der Waals surface area contributed by atoms with Gasteiger partial charge in [0.1, 0.15) is 0 Å². The lowest BCUT2D eigenvalue weighted by atomic mass is 9.89. The van der Waals surface area contributed by atoms with Crippen LogP contribution in [0.25, 0.3) is 0 Å². The second-order valence-electron chi connectivity index (χ2n) is 6.43. The summed E-state index contributed by atoms with van der Waals surface area (Å²) < 4.78 is 10.7. The fourth-order valence-corrected chi connectivity index (χ4v) is 2.36. The molecule has 1 atom stereocenters. The maximum Gasteiger partial charge on any atom is 0.0897 e. The van der Waals surface area contributed by atoms with Crippen molar-refractivity contribution in [2.75, 3.05) is 39.5 Å². The van der Waals surface area contributed by atoms with Crippen LogP contribution in [0.3, 0.4) is 0 Å². The predicted octanol–water partition coefficient (Wildman–Crippen LogP) is 2.35. The topological polar surface area (TPSA) is 50.7 Å². The average molecular weight is 287 g/mol. The first-order chi connectivity index (χ1) is 9.66. The molecule has 1 aliphatic heterocycles. The van der Waals surface area contributed by atoms with Gasteiger partial charge in [0.2, 0.25) is 0 Å². The van der Waals surface area contributed by atoms with Gasteiger partial charge in [-0.25, -0.2) is 0 Å². The molecule has 4 nitrogen and oxygen atoms in total. The first-order valence-electron chi connectivity index (χ1n) is 8.20. The smallest absolute Gasteiger partial charge is 0.0897 e. The highest BCUT2D eigenvalue weighted by molar-refractivity contribution is 4.83. The van der Waals surface area contributed by atoms with E-state index >= 15 is 0 Å². The Kier molecular flexibility index (Phi) is 9.44. The van der Waals surface area contributed by atoms with Crippen molar-refractivity contribution in [2.45, 2.75) is 58.5 Å². The van der Waals surface area contributed by atoms with Crippen LogP contribution in [0.5, 0.6) is 0 Å². The SMILES string of the molecule is CCCCCCCCOCC(O)CNCC1(C)COC1. The van der Waals surface area contributed by atoms with Crippen LogP contribution >= 0.6 is 0 Å². The Morgan fingerprint density at radius 1 is 1.20 bits per heavy atom. The highest BCUT2D eigenvalue weighted by Gasteiger charge is 2.32. The maximum absolute atomic E-state index is 9.79. The molecule has 0 saturated carbocycles. The van der Waals surface area contributed by atoms with Crippen molar-refractivity contribution in [1.82, 2.24) is 5.32 Å². The zero-order chi connectivity index (χ0) is 14.7. The molecule has 0 amide bonds. The third-order valence-corrected chi connectivity index (χ3v) is 3.79. The summed E-state index contributed by atoms with van der Waals surface area (Å²) in [6, 6.07) is 0. The molecule has 1 unspecified atom stereocenters. The van der Waals surface area contributed by atoms with Crippen molar-refractivity contribution in [1.29, 1.82) is 0 Å². The molecular weight excluding hydrogens is 254 g/mol. The zero-order valence-electron chi connectivity index (χ0n) is 13.3. The molecule has 1 fully saturated rings. The Bertz CT molecular complexity index is 232. The predicted molar refractivity (Wildman–Crippen MR) is 82.0 cm³/mol. The molecule has 0 radical (unpaired) electrons. The normalized spacial score (nSPS) is 18.8. The lowest BCUT2D eigenvalue weighted by Crippen LogP contribution is -2.48. The van der Waals surface area contributed by atoms with E-state index in [-0.39, 0.29) is 5.41 Å². The van der Waals surface area contributed by atoms with Crippen molar-refractivity contribution in [3.8, 4) is 0 Å². The third-order valence-electron chi connectivity index (χ3n) is 3.79. The Balaban J connectivity index is 1.81. The van der Waals surface area contributed by atoms with Crippen molar-refractivity contribution in [2.24, 2.45) is 5.41 Å². The molecule has 1 saturated heterocycles. The zero-order valence-corrected chi connectivity index (χ0v) is 13.3. The second-order valence-corrected chi connectivity index (χ2v) is 6.43. The molecule has 1 rings (SSSR count). The molecule has 0 bridgehead atoms. The van der Waals surface area contributed by atoms with Crippen LogP contribution in [0.15, 0.2) is 0 Å². The van der Waals surface area contributed by atoms with E-state index in [4.69, 9.17) is 9.47 Å². The number of unbranched alkanes of at least 4 members (excludes halogenated alkanes) is 5. The minimum absolute atomic E-state index is 0.263. The molecular formula is C16H33NO3. The summed E-state index contributed by atoms with van der Waals surface area (Å²) in [5.74, 6) is 0. The highest BCUT2D eigenvalue weighted by atomic mass is 16.5. The highest BCUT2D eigenvalue weighted by Crippen LogP contribution is 2.24. The van der Waals surface area contributed by atoms with Crippen molar-refractivity contribution in [3.63, 3.8) is 0 Å². The van der Waals surface area contributed by atoms with Gasteiger partial charge in [-0.15, -0.1) is 0 Å². The van der Waals surface area contributed by atoms with Gasteiger partial charge >= 0.3 is 0 Å². The van der Waals surface area contributed by atoms with E-state index in [2.05, 4.69) is 19.2 Å². The van der Waals surface area contributed by atoms with Crippen molar-refractivity contribution in [3.05, 3.63) is 0 Å². The van der Waals surface area contributed by atoms with E-state index in [1.165, 1.54) is 32.1 Å². The number of hydrogen-bond acceptors (Lipinski definition) is 4. The Labute approximate surface area is 124 Å². The number of aliphatic hydroxyl groups excluding tert-OH is 1. The van der Waals surface area contributed by atoms with Gasteiger partial charge in [-0.3, -0.25) is 0 Å². The molecule has 0 aromatic carbocycles. The number of hydrogen-bond donors (Lipinski definition) is 2. The summed E-state index contributed by atoms with van der Waals surface area (Å²) in [5, 5.41) is 13.1. The second kappa shape index (κ2) is 10.6. The molecule has 2 N–H and O–H groups in total. The van der Waals surface area contributed by atoms with E-state index < -0.39 is 6.10 Å². The fraction of sp³-hybridized carbons (Fsp3) is 1.00. The van der Waals surface area contributed by atoms with Gasteiger partial charge in [-0.1, -0.05) is 46.0 Å². The molecule has 1 heterocycles. The van der Waals surface area contributed by atoms with Gasteiger partial charge in [0, 0.05) is 25.1 Å². The summed E-state index contributed by atoms with van der Waals surface area (Å²) in [4.78, 5) is 0. The van der Waals surface area contributed by atoms with Gasteiger partial charge in [0.15, 0.2) is 0 Å². The lowest BCUT2D eigenvalue weighted by Gasteiger charge is -2.38. The number of aliphatic hydroxyl groups is 1. The summed E-state index contributed by atoms with van der Waals surface area (Å²) in [5.41, 5.74) is 0.263. The first kappa shape index (κ1) is 17.9. The number of ether oxygens (including phenoxy) is 2. The Morgan fingerprint density at radius 2 is 1.90 bits per heavy atom. The van der Waals surface area contributed by atoms with E-state index in [0.29, 0.717) is 13.2 Å². The van der Waals surface area contributed by atoms with Gasteiger partial charge < -0.3 is 19.9 Å². The van der Waals surface area contributed by atoms with Gasteiger partial charge in [0.05, 0.1) is 25.9 Å². The van der Waals surface area contributed by atoms with Crippen LogP contribution in [0.4, 0.5) is 0 Å². The molecule has 0 spiro atoms. The maximum atomic E-state index is 9.79. The summed E-state index contributed by atoms with van der Waals surface area (Å²) >= 11 is 0. The van der Waals surface area contributed by atoms with Gasteiger partial charge in [-0.05, 0) is 6.42 Å². The molecule has 0 aromatic rings. The Hall–Kier alpha value is -0.160. The van der Waals surface area contributed by atoms with Crippen molar-refractivity contribution >= 4 is 0 Å². The summed E-state index contributed by atoms with van der Waals surface area (Å²) in [6.45, 7) is 8.80. The van der Waals surface area contributed by atoms with E-state index in [0.717, 1.165) is 32.8 Å². The largest absolute Gasteiger partial charge is 0.389 e. The standard InChI is InChI=1S/C16H33NO3/c1-3-4-5-6-7-8-9-19-11-15(18)10-17-12-16(2)13-20-14-16/h15,17-18H,3-14H2,1-2H3. The third kappa shape index (κ3) is 8.20. The molecule has 4 heteroatoms. The number of rotatable bonds is 13. The summed E-state index contributed by atoms with van der Waals surface area (Å²) in [7, 11) is 0. The van der Waals surface area contributed by atoms with E-state index in [1.807, 2.05) is 0 Å². The van der Waals surface area contributed by atoms with Crippen LogP contribution < -0.4 is 5.32 Å². The van der Waals surface area contributed by atoms with E-state index in [9.17, 15) is 5.11 Å². The molecule has 0 aliphatic carbocycles.